The van der Waals surface area contributed by atoms with E-state index in [4.69, 9.17) is 5.73 Å². The molecule has 0 spiro atoms. The van der Waals surface area contributed by atoms with Crippen molar-refractivity contribution in [3.8, 4) is 0 Å². The molecule has 2 nitrogen and oxygen atoms in total. The molecule has 0 amide bonds. The number of halogens is 1. The molecule has 4 heteroatoms. The first kappa shape index (κ1) is 13.3. The summed E-state index contributed by atoms with van der Waals surface area (Å²) in [4.78, 5) is 1.97. The summed E-state index contributed by atoms with van der Waals surface area (Å²) in [5.74, 6) is 0.835. The van der Waals surface area contributed by atoms with Crippen LogP contribution in [0.2, 0.25) is 0 Å². The fraction of sp³-hybridized carbons (Fsp3) is 0.500. The van der Waals surface area contributed by atoms with Crippen LogP contribution < -0.4 is 10.6 Å². The van der Waals surface area contributed by atoms with Crippen LogP contribution in [0.1, 0.15) is 5.56 Å². The van der Waals surface area contributed by atoms with Crippen LogP contribution in [0.5, 0.6) is 0 Å². The Morgan fingerprint density at radius 1 is 1.44 bits per heavy atom. The minimum atomic E-state index is -0.158. The van der Waals surface area contributed by atoms with Crippen molar-refractivity contribution in [2.45, 2.75) is 6.42 Å². The Balaban J connectivity index is 2.90. The molecule has 0 aliphatic rings. The Morgan fingerprint density at radius 3 is 2.81 bits per heavy atom. The molecule has 0 fully saturated rings. The summed E-state index contributed by atoms with van der Waals surface area (Å²) in [5.41, 5.74) is 7.22. The summed E-state index contributed by atoms with van der Waals surface area (Å²) >= 11 is 1.76. The smallest absolute Gasteiger partial charge is 0.146 e. The van der Waals surface area contributed by atoms with Crippen molar-refractivity contribution < 1.29 is 4.39 Å². The first-order valence-electron chi connectivity index (χ1n) is 5.38. The lowest BCUT2D eigenvalue weighted by atomic mass is 10.1. The molecule has 0 saturated heterocycles. The second kappa shape index (κ2) is 6.76. The van der Waals surface area contributed by atoms with E-state index < -0.39 is 0 Å². The third-order valence-corrected chi connectivity index (χ3v) is 3.09. The third-order valence-electron chi connectivity index (χ3n) is 2.50. The number of benzene rings is 1. The Kier molecular flexibility index (Phi) is 5.63. The standard InChI is InChI=1S/C12H19FN2S/c1-15(8-9-16-2)12-10(6-7-14)4-3-5-11(12)13/h3-5H,6-9,14H2,1-2H3. The summed E-state index contributed by atoms with van der Waals surface area (Å²) in [6.07, 6.45) is 2.77. The number of anilines is 1. The quantitative estimate of drug-likeness (QED) is 0.828. The number of hydrogen-bond donors (Lipinski definition) is 1. The molecule has 1 aromatic carbocycles. The van der Waals surface area contributed by atoms with Crippen molar-refractivity contribution in [1.29, 1.82) is 0 Å². The number of nitrogens with zero attached hydrogens (tertiary/aromatic N) is 1. The maximum absolute atomic E-state index is 13.8. The maximum atomic E-state index is 13.8. The van der Waals surface area contributed by atoms with E-state index in [2.05, 4.69) is 6.26 Å². The van der Waals surface area contributed by atoms with E-state index in [1.54, 1.807) is 17.8 Å². The van der Waals surface area contributed by atoms with E-state index in [9.17, 15) is 4.39 Å². The predicted octanol–water partition coefficient (Wildman–Crippen LogP) is 2.13. The van der Waals surface area contributed by atoms with Gasteiger partial charge >= 0.3 is 0 Å². The fourth-order valence-electron chi connectivity index (χ4n) is 1.68. The molecule has 0 bridgehead atoms. The second-order valence-electron chi connectivity index (χ2n) is 3.70. The van der Waals surface area contributed by atoms with E-state index in [1.807, 2.05) is 18.0 Å². The summed E-state index contributed by atoms with van der Waals surface area (Å²) < 4.78 is 13.8. The SMILES string of the molecule is CSCCN(C)c1c(F)cccc1CCN. The second-order valence-corrected chi connectivity index (χ2v) is 4.69. The van der Waals surface area contributed by atoms with Gasteiger partial charge in [-0.15, -0.1) is 0 Å². The van der Waals surface area contributed by atoms with E-state index in [-0.39, 0.29) is 5.82 Å². The van der Waals surface area contributed by atoms with Crippen molar-refractivity contribution in [1.82, 2.24) is 0 Å². The molecule has 0 atom stereocenters. The normalized spacial score (nSPS) is 10.5. The van der Waals surface area contributed by atoms with Gasteiger partial charge in [0.25, 0.3) is 0 Å². The average Bonchev–Trinajstić information content (AvgIpc) is 2.26. The number of rotatable bonds is 6. The lowest BCUT2D eigenvalue weighted by molar-refractivity contribution is 0.621. The largest absolute Gasteiger partial charge is 0.371 e. The number of para-hydroxylation sites is 1. The predicted molar refractivity (Wildman–Crippen MR) is 70.8 cm³/mol. The minimum absolute atomic E-state index is 0.158. The van der Waals surface area contributed by atoms with Gasteiger partial charge in [0.15, 0.2) is 0 Å². The highest BCUT2D eigenvalue weighted by molar-refractivity contribution is 7.98. The zero-order valence-electron chi connectivity index (χ0n) is 9.87. The van der Waals surface area contributed by atoms with Crippen LogP contribution in [0.3, 0.4) is 0 Å². The Bertz CT molecular complexity index is 331. The van der Waals surface area contributed by atoms with E-state index in [0.717, 1.165) is 24.3 Å². The summed E-state index contributed by atoms with van der Waals surface area (Å²) in [5, 5.41) is 0. The average molecular weight is 242 g/mol. The van der Waals surface area contributed by atoms with E-state index in [0.29, 0.717) is 12.2 Å². The van der Waals surface area contributed by atoms with Gasteiger partial charge < -0.3 is 10.6 Å². The third kappa shape index (κ3) is 3.39. The highest BCUT2D eigenvalue weighted by Gasteiger charge is 2.11. The first-order chi connectivity index (χ1) is 7.70. The van der Waals surface area contributed by atoms with Crippen molar-refractivity contribution in [3.63, 3.8) is 0 Å². The van der Waals surface area contributed by atoms with Crippen LogP contribution in [0.4, 0.5) is 10.1 Å². The maximum Gasteiger partial charge on any atom is 0.146 e. The van der Waals surface area contributed by atoms with Gasteiger partial charge in [-0.2, -0.15) is 11.8 Å². The van der Waals surface area contributed by atoms with E-state index in [1.165, 1.54) is 6.07 Å². The highest BCUT2D eigenvalue weighted by atomic mass is 32.2. The summed E-state index contributed by atoms with van der Waals surface area (Å²) in [6, 6.07) is 5.19. The van der Waals surface area contributed by atoms with Crippen LogP contribution >= 0.6 is 11.8 Å². The summed E-state index contributed by atoms with van der Waals surface area (Å²) in [7, 11) is 1.93. The Hall–Kier alpha value is -0.740. The minimum Gasteiger partial charge on any atom is -0.371 e. The molecule has 2 N–H and O–H groups in total. The molecule has 90 valence electrons. The molecule has 1 rings (SSSR count). The van der Waals surface area contributed by atoms with Crippen LogP contribution in [0, 0.1) is 5.82 Å². The van der Waals surface area contributed by atoms with Gasteiger partial charge in [-0.3, -0.25) is 0 Å². The lowest BCUT2D eigenvalue weighted by Crippen LogP contribution is -2.23. The van der Waals surface area contributed by atoms with E-state index >= 15 is 0 Å². The zero-order chi connectivity index (χ0) is 12.0. The molecule has 0 saturated carbocycles. The van der Waals surface area contributed by atoms with Gasteiger partial charge in [-0.05, 0) is 30.9 Å². The fourth-order valence-corrected chi connectivity index (χ4v) is 2.14. The van der Waals surface area contributed by atoms with Gasteiger partial charge in [-0.25, -0.2) is 4.39 Å². The molecule has 0 aromatic heterocycles. The van der Waals surface area contributed by atoms with Gasteiger partial charge in [-0.1, -0.05) is 12.1 Å². The first-order valence-corrected chi connectivity index (χ1v) is 6.77. The van der Waals surface area contributed by atoms with Gasteiger partial charge in [0.05, 0.1) is 5.69 Å². The van der Waals surface area contributed by atoms with Gasteiger partial charge in [0, 0.05) is 19.3 Å². The topological polar surface area (TPSA) is 29.3 Å². The van der Waals surface area contributed by atoms with Gasteiger partial charge in [0.1, 0.15) is 5.82 Å². The van der Waals surface area contributed by atoms with Crippen LogP contribution in [-0.2, 0) is 6.42 Å². The summed E-state index contributed by atoms with van der Waals surface area (Å²) in [6.45, 7) is 1.40. The molecular weight excluding hydrogens is 223 g/mol. The highest BCUT2D eigenvalue weighted by Crippen LogP contribution is 2.23. The Labute approximate surface area is 101 Å². The Morgan fingerprint density at radius 2 is 2.19 bits per heavy atom. The molecule has 16 heavy (non-hydrogen) atoms. The zero-order valence-corrected chi connectivity index (χ0v) is 10.7. The van der Waals surface area contributed by atoms with Crippen LogP contribution in [-0.4, -0.2) is 32.1 Å². The van der Waals surface area contributed by atoms with Crippen molar-refractivity contribution in [2.75, 3.05) is 37.0 Å². The van der Waals surface area contributed by atoms with Gasteiger partial charge in [0.2, 0.25) is 0 Å². The number of nitrogens with two attached hydrogens (primary N) is 1. The van der Waals surface area contributed by atoms with Crippen molar-refractivity contribution in [3.05, 3.63) is 29.6 Å². The number of thioether (sulfide) groups is 1. The van der Waals surface area contributed by atoms with Crippen LogP contribution in [0.25, 0.3) is 0 Å². The molecule has 0 aliphatic carbocycles. The lowest BCUT2D eigenvalue weighted by Gasteiger charge is -2.22. The molecule has 1 aromatic rings. The van der Waals surface area contributed by atoms with Crippen molar-refractivity contribution >= 4 is 17.4 Å². The molecule has 0 radical (unpaired) electrons. The molecule has 0 heterocycles. The number of hydrogen-bond acceptors (Lipinski definition) is 3. The molecule has 0 aliphatic heterocycles. The van der Waals surface area contributed by atoms with Crippen LogP contribution in [0.15, 0.2) is 18.2 Å². The molecular formula is C12H19FN2S. The molecule has 0 unspecified atom stereocenters. The monoisotopic (exact) mass is 242 g/mol. The van der Waals surface area contributed by atoms with Crippen molar-refractivity contribution in [2.24, 2.45) is 5.73 Å².